The molecule has 0 aliphatic carbocycles. The number of pyridine rings is 1. The fraction of sp³-hybridized carbons (Fsp3) is 0.263. The summed E-state index contributed by atoms with van der Waals surface area (Å²) in [5.41, 5.74) is 2.43. The van der Waals surface area contributed by atoms with Gasteiger partial charge in [0.15, 0.2) is 0 Å². The highest BCUT2D eigenvalue weighted by Gasteiger charge is 2.26. The van der Waals surface area contributed by atoms with Crippen LogP contribution in [0, 0.1) is 0 Å². The molecule has 1 aliphatic heterocycles. The molecule has 0 saturated carbocycles. The van der Waals surface area contributed by atoms with Crippen LogP contribution in [0.4, 0.5) is 5.82 Å². The number of nitrogens with zero attached hydrogens (tertiary/aromatic N) is 2. The largest absolute Gasteiger partial charge is 0.323 e. The molecular weight excluding hydrogens is 316 g/mol. The molecule has 5 heteroatoms. The third kappa shape index (κ3) is 3.47. The maximum absolute atomic E-state index is 4.83. The Morgan fingerprint density at radius 1 is 1.04 bits per heavy atom. The smallest absolute Gasteiger partial charge is 0.274 e. The second-order valence-electron chi connectivity index (χ2n) is 6.17. The van der Waals surface area contributed by atoms with Crippen molar-refractivity contribution in [3.8, 4) is 10.6 Å². The monoisotopic (exact) mass is 338 g/mol. The van der Waals surface area contributed by atoms with Crippen LogP contribution in [0.2, 0.25) is 0 Å². The number of nitrogens with one attached hydrogen (secondary N) is 2. The van der Waals surface area contributed by atoms with Crippen LogP contribution in [-0.2, 0) is 6.54 Å². The number of aromatic nitrogens is 2. The zero-order chi connectivity index (χ0) is 16.2. The van der Waals surface area contributed by atoms with E-state index in [1.54, 1.807) is 16.2 Å². The van der Waals surface area contributed by atoms with Crippen LogP contribution in [0.5, 0.6) is 0 Å². The Labute approximate surface area is 146 Å². The first-order valence-corrected chi connectivity index (χ1v) is 9.31. The van der Waals surface area contributed by atoms with Crippen molar-refractivity contribution in [2.24, 2.45) is 0 Å². The van der Waals surface area contributed by atoms with Crippen molar-refractivity contribution in [3.63, 3.8) is 0 Å². The highest BCUT2D eigenvalue weighted by atomic mass is 32.1. The van der Waals surface area contributed by atoms with E-state index in [2.05, 4.69) is 51.7 Å². The summed E-state index contributed by atoms with van der Waals surface area (Å²) in [6, 6.07) is 16.7. The molecule has 0 bridgehead atoms. The molecule has 4 nitrogen and oxygen atoms in total. The number of rotatable bonds is 4. The summed E-state index contributed by atoms with van der Waals surface area (Å²) < 4.78 is 0. The molecule has 2 N–H and O–H groups in total. The van der Waals surface area contributed by atoms with Crippen LogP contribution in [0.3, 0.4) is 0 Å². The van der Waals surface area contributed by atoms with Gasteiger partial charge in [-0.15, -0.1) is 11.3 Å². The first kappa shape index (κ1) is 15.3. The van der Waals surface area contributed by atoms with Gasteiger partial charge >= 0.3 is 0 Å². The third-order valence-corrected chi connectivity index (χ3v) is 5.45. The topological polar surface area (TPSA) is 34.7 Å². The van der Waals surface area contributed by atoms with Crippen LogP contribution in [0.1, 0.15) is 5.69 Å². The Hall–Kier alpha value is -2.24. The summed E-state index contributed by atoms with van der Waals surface area (Å²) in [5.74, 6) is 1.22. The average molecular weight is 338 g/mol. The fourth-order valence-electron chi connectivity index (χ4n) is 3.18. The zero-order valence-electron chi connectivity index (χ0n) is 13.6. The Morgan fingerprint density at radius 2 is 1.83 bits per heavy atom. The number of hydrogen-bond donors (Lipinski definition) is 1. The predicted octanol–water partition coefficient (Wildman–Crippen LogP) is 1.53. The Kier molecular flexibility index (Phi) is 4.53. The summed E-state index contributed by atoms with van der Waals surface area (Å²) in [7, 11) is 0. The van der Waals surface area contributed by atoms with Crippen LogP contribution in [-0.4, -0.2) is 31.2 Å². The van der Waals surface area contributed by atoms with E-state index < -0.39 is 0 Å². The highest BCUT2D eigenvalue weighted by Crippen LogP contribution is 2.22. The summed E-state index contributed by atoms with van der Waals surface area (Å²) in [5, 5.41) is 3.34. The number of thiazole rings is 1. The van der Waals surface area contributed by atoms with Gasteiger partial charge in [0.25, 0.3) is 5.82 Å². The molecule has 1 saturated heterocycles. The van der Waals surface area contributed by atoms with E-state index in [1.165, 1.54) is 17.1 Å². The van der Waals surface area contributed by atoms with Crippen molar-refractivity contribution < 1.29 is 9.88 Å². The molecule has 3 aromatic rings. The van der Waals surface area contributed by atoms with E-state index in [9.17, 15) is 0 Å². The molecule has 122 valence electrons. The van der Waals surface area contributed by atoms with Crippen molar-refractivity contribution in [1.82, 2.24) is 4.98 Å². The molecule has 0 atom stereocenters. The number of piperazine rings is 1. The van der Waals surface area contributed by atoms with Crippen LogP contribution in [0.15, 0.2) is 60.1 Å². The summed E-state index contributed by atoms with van der Waals surface area (Å²) in [6.07, 6.45) is 1.99. The second kappa shape index (κ2) is 7.11. The van der Waals surface area contributed by atoms with Gasteiger partial charge in [-0.25, -0.2) is 9.97 Å². The lowest BCUT2D eigenvalue weighted by molar-refractivity contribution is -0.914. The molecule has 1 aromatic carbocycles. The molecule has 1 aliphatic rings. The molecule has 1 fully saturated rings. The predicted molar refractivity (Wildman–Crippen MR) is 97.2 cm³/mol. The number of anilines is 1. The summed E-state index contributed by atoms with van der Waals surface area (Å²) >= 11 is 1.75. The third-order valence-electron chi connectivity index (χ3n) is 4.51. The van der Waals surface area contributed by atoms with Gasteiger partial charge in [-0.05, 0) is 6.07 Å². The van der Waals surface area contributed by atoms with Gasteiger partial charge in [-0.3, -0.25) is 4.90 Å². The van der Waals surface area contributed by atoms with Gasteiger partial charge in [0, 0.05) is 17.0 Å². The van der Waals surface area contributed by atoms with Gasteiger partial charge in [0.05, 0.1) is 6.20 Å². The van der Waals surface area contributed by atoms with Gasteiger partial charge in [-0.2, -0.15) is 0 Å². The van der Waals surface area contributed by atoms with Crippen molar-refractivity contribution in [2.75, 3.05) is 31.1 Å². The second-order valence-corrected chi connectivity index (χ2v) is 7.03. The Balaban J connectivity index is 1.35. The molecule has 0 amide bonds. The Bertz CT molecular complexity index is 764. The van der Waals surface area contributed by atoms with Crippen LogP contribution >= 0.6 is 11.3 Å². The van der Waals surface area contributed by atoms with E-state index in [0.717, 1.165) is 37.7 Å². The van der Waals surface area contributed by atoms with Crippen molar-refractivity contribution >= 4 is 17.2 Å². The number of aromatic amines is 1. The van der Waals surface area contributed by atoms with E-state index in [0.29, 0.717) is 0 Å². The maximum Gasteiger partial charge on any atom is 0.274 e. The molecule has 4 rings (SSSR count). The summed E-state index contributed by atoms with van der Waals surface area (Å²) in [6.45, 7) is 5.51. The minimum Gasteiger partial charge on any atom is -0.323 e. The van der Waals surface area contributed by atoms with Crippen molar-refractivity contribution in [2.45, 2.75) is 6.54 Å². The van der Waals surface area contributed by atoms with Gasteiger partial charge in [-0.1, -0.05) is 36.4 Å². The minimum atomic E-state index is 1.02. The number of hydrogen-bond acceptors (Lipinski definition) is 3. The first-order chi connectivity index (χ1) is 11.9. The van der Waals surface area contributed by atoms with Crippen molar-refractivity contribution in [3.05, 3.63) is 65.8 Å². The normalized spacial score (nSPS) is 15.6. The van der Waals surface area contributed by atoms with E-state index in [1.807, 2.05) is 18.3 Å². The number of H-pyrrole nitrogens is 1. The lowest BCUT2D eigenvalue weighted by Gasteiger charge is -2.27. The van der Waals surface area contributed by atoms with Crippen LogP contribution < -0.4 is 14.8 Å². The molecule has 3 heterocycles. The molecule has 2 aromatic heterocycles. The standard InChI is InChI=1S/C19H20N4S/c1-2-6-16(7-3-1)19-21-17(15-24-19)14-22-10-12-23(13-11-22)18-8-4-5-9-20-18/h1-9,15H,10-14H2/p+2. The molecule has 0 unspecified atom stereocenters. The first-order valence-electron chi connectivity index (χ1n) is 8.43. The molecule has 0 radical (unpaired) electrons. The lowest BCUT2D eigenvalue weighted by Crippen LogP contribution is -3.13. The van der Waals surface area contributed by atoms with Gasteiger partial charge < -0.3 is 4.90 Å². The van der Waals surface area contributed by atoms with E-state index in [-0.39, 0.29) is 0 Å². The Morgan fingerprint density at radius 3 is 2.58 bits per heavy atom. The number of benzene rings is 1. The van der Waals surface area contributed by atoms with Crippen LogP contribution in [0.25, 0.3) is 10.6 Å². The molecule has 24 heavy (non-hydrogen) atoms. The van der Waals surface area contributed by atoms with Gasteiger partial charge in [0.2, 0.25) is 0 Å². The highest BCUT2D eigenvalue weighted by molar-refractivity contribution is 7.13. The zero-order valence-corrected chi connectivity index (χ0v) is 14.4. The molecular formula is C19H22N4S+2. The quantitative estimate of drug-likeness (QED) is 0.783. The summed E-state index contributed by atoms with van der Waals surface area (Å²) in [4.78, 5) is 12.2. The SMILES string of the molecule is c1ccc(-c2nc(C[NH+]3CCN(c4cccc[nH+]4)CC3)cs2)cc1. The number of quaternary nitrogens is 1. The van der Waals surface area contributed by atoms with E-state index in [4.69, 9.17) is 4.98 Å². The fourth-order valence-corrected chi connectivity index (χ4v) is 4.00. The van der Waals surface area contributed by atoms with Gasteiger partial charge in [0.1, 0.15) is 43.4 Å². The minimum absolute atomic E-state index is 1.02. The average Bonchev–Trinajstić information content (AvgIpc) is 3.12. The molecule has 0 spiro atoms. The maximum atomic E-state index is 4.83. The lowest BCUT2D eigenvalue weighted by atomic mass is 10.2. The van der Waals surface area contributed by atoms with E-state index >= 15 is 0 Å². The van der Waals surface area contributed by atoms with Crippen molar-refractivity contribution in [1.29, 1.82) is 0 Å².